The Balaban J connectivity index is 1.85. The number of nitrogens with zero attached hydrogens (tertiary/aromatic N) is 1. The van der Waals surface area contributed by atoms with E-state index in [0.717, 1.165) is 45.6 Å². The SMILES string of the molecule is Cc1cscc1-c1c[nH]c(=O)c2cc(-c3ccccc3)c(-c3ccc(C[NH3+])cc3)nc12. The number of thiophene rings is 1. The molecular weight excluding hydrogens is 402 g/mol. The van der Waals surface area contributed by atoms with Crippen molar-refractivity contribution in [2.24, 2.45) is 0 Å². The number of quaternary nitrogens is 1. The van der Waals surface area contributed by atoms with Gasteiger partial charge in [-0.1, -0.05) is 54.6 Å². The minimum Gasteiger partial charge on any atom is -0.354 e. The average Bonchev–Trinajstić information content (AvgIpc) is 3.25. The summed E-state index contributed by atoms with van der Waals surface area (Å²) >= 11 is 1.65. The zero-order valence-corrected chi connectivity index (χ0v) is 18.0. The van der Waals surface area contributed by atoms with Crippen molar-refractivity contribution in [2.75, 3.05) is 0 Å². The molecule has 0 saturated carbocycles. The second kappa shape index (κ2) is 7.95. The first kappa shape index (κ1) is 19.4. The maximum atomic E-state index is 12.8. The first-order chi connectivity index (χ1) is 15.2. The Morgan fingerprint density at radius 1 is 0.935 bits per heavy atom. The predicted molar refractivity (Wildman–Crippen MR) is 128 cm³/mol. The van der Waals surface area contributed by atoms with Crippen molar-refractivity contribution in [2.45, 2.75) is 13.5 Å². The molecule has 152 valence electrons. The van der Waals surface area contributed by atoms with Crippen molar-refractivity contribution in [3.8, 4) is 33.5 Å². The molecular formula is C26H22N3OS+. The fourth-order valence-electron chi connectivity index (χ4n) is 3.90. The molecule has 0 aliphatic rings. The summed E-state index contributed by atoms with van der Waals surface area (Å²) in [5.74, 6) is 0. The molecule has 0 atom stereocenters. The van der Waals surface area contributed by atoms with Crippen LogP contribution in [0.1, 0.15) is 11.1 Å². The molecule has 5 aromatic rings. The first-order valence-electron chi connectivity index (χ1n) is 10.2. The van der Waals surface area contributed by atoms with Crippen LogP contribution in [-0.4, -0.2) is 9.97 Å². The van der Waals surface area contributed by atoms with E-state index in [9.17, 15) is 4.79 Å². The average molecular weight is 425 g/mol. The molecule has 2 aromatic carbocycles. The topological polar surface area (TPSA) is 73.4 Å². The van der Waals surface area contributed by atoms with Crippen LogP contribution in [0, 0.1) is 6.92 Å². The Labute approximate surface area is 184 Å². The fraction of sp³-hybridized carbons (Fsp3) is 0.0769. The molecule has 0 aliphatic heterocycles. The van der Waals surface area contributed by atoms with Crippen LogP contribution < -0.4 is 11.3 Å². The number of pyridine rings is 2. The molecule has 4 nitrogen and oxygen atoms in total. The van der Waals surface area contributed by atoms with Crippen LogP contribution in [0.15, 0.2) is 82.4 Å². The van der Waals surface area contributed by atoms with Crippen LogP contribution in [0.3, 0.4) is 0 Å². The predicted octanol–water partition coefficient (Wildman–Crippen LogP) is 5.04. The maximum absolute atomic E-state index is 12.8. The van der Waals surface area contributed by atoms with E-state index in [1.807, 2.05) is 24.3 Å². The van der Waals surface area contributed by atoms with Crippen molar-refractivity contribution in [3.63, 3.8) is 0 Å². The summed E-state index contributed by atoms with van der Waals surface area (Å²) in [6.07, 6.45) is 1.78. The Morgan fingerprint density at radius 2 is 1.71 bits per heavy atom. The molecule has 5 heteroatoms. The standard InChI is InChI=1S/C26H21N3OS/c1-16-14-31-15-23(16)22-13-28-26(30)21-11-20(18-5-3-2-4-6-18)24(29-25(21)22)19-9-7-17(12-27)8-10-19/h2-11,13-15H,12,27H2,1H3,(H,28,30)/p+1. The highest BCUT2D eigenvalue weighted by Gasteiger charge is 2.17. The molecule has 4 N–H and O–H groups in total. The number of hydrogen-bond donors (Lipinski definition) is 2. The number of fused-ring (bicyclic) bond motifs is 1. The van der Waals surface area contributed by atoms with Crippen molar-refractivity contribution < 1.29 is 5.73 Å². The number of aryl methyl sites for hydroxylation is 1. The molecule has 0 saturated heterocycles. The van der Waals surface area contributed by atoms with Gasteiger partial charge in [-0.2, -0.15) is 11.3 Å². The van der Waals surface area contributed by atoms with Gasteiger partial charge in [-0.05, 0) is 40.4 Å². The molecule has 0 radical (unpaired) electrons. The molecule has 0 aliphatic carbocycles. The Bertz CT molecular complexity index is 1430. The number of hydrogen-bond acceptors (Lipinski definition) is 3. The lowest BCUT2D eigenvalue weighted by atomic mass is 9.95. The summed E-state index contributed by atoms with van der Waals surface area (Å²) < 4.78 is 0. The number of H-pyrrole nitrogens is 1. The minimum atomic E-state index is -0.129. The van der Waals surface area contributed by atoms with E-state index in [-0.39, 0.29) is 5.56 Å². The van der Waals surface area contributed by atoms with Crippen molar-refractivity contribution >= 4 is 22.2 Å². The molecule has 0 amide bonds. The largest absolute Gasteiger partial charge is 0.354 e. The molecule has 0 fully saturated rings. The maximum Gasteiger partial charge on any atom is 0.257 e. The van der Waals surface area contributed by atoms with Gasteiger partial charge in [-0.15, -0.1) is 0 Å². The van der Waals surface area contributed by atoms with Gasteiger partial charge in [-0.25, -0.2) is 4.98 Å². The lowest BCUT2D eigenvalue weighted by Gasteiger charge is -2.14. The highest BCUT2D eigenvalue weighted by atomic mass is 32.1. The Hall–Kier alpha value is -3.54. The van der Waals surface area contributed by atoms with Crippen molar-refractivity contribution in [1.29, 1.82) is 0 Å². The first-order valence-corrected chi connectivity index (χ1v) is 11.1. The van der Waals surface area contributed by atoms with Crippen LogP contribution in [0.5, 0.6) is 0 Å². The molecule has 0 spiro atoms. The van der Waals surface area contributed by atoms with Crippen LogP contribution in [0.4, 0.5) is 0 Å². The summed E-state index contributed by atoms with van der Waals surface area (Å²) in [6.45, 7) is 2.83. The van der Waals surface area contributed by atoms with E-state index in [2.05, 4.69) is 64.8 Å². The highest BCUT2D eigenvalue weighted by Crippen LogP contribution is 2.36. The summed E-state index contributed by atoms with van der Waals surface area (Å²) in [4.78, 5) is 20.8. The number of nitrogens with one attached hydrogen (secondary N) is 1. The molecule has 31 heavy (non-hydrogen) atoms. The smallest absolute Gasteiger partial charge is 0.257 e. The lowest BCUT2D eigenvalue weighted by molar-refractivity contribution is -0.386. The zero-order chi connectivity index (χ0) is 21.4. The molecule has 0 unspecified atom stereocenters. The van der Waals surface area contributed by atoms with Gasteiger partial charge < -0.3 is 10.7 Å². The van der Waals surface area contributed by atoms with Gasteiger partial charge >= 0.3 is 0 Å². The summed E-state index contributed by atoms with van der Waals surface area (Å²) in [6, 6.07) is 20.4. The summed E-state index contributed by atoms with van der Waals surface area (Å²) in [5, 5.41) is 4.82. The molecule has 0 bridgehead atoms. The van der Waals surface area contributed by atoms with E-state index < -0.39 is 0 Å². The molecule has 3 aromatic heterocycles. The third-order valence-corrected chi connectivity index (χ3v) is 6.48. The second-order valence-corrected chi connectivity index (χ2v) is 8.34. The van der Waals surface area contributed by atoms with Gasteiger partial charge in [0, 0.05) is 28.5 Å². The van der Waals surface area contributed by atoms with Crippen LogP contribution in [0.2, 0.25) is 0 Å². The van der Waals surface area contributed by atoms with Gasteiger partial charge in [0.1, 0.15) is 0 Å². The fourth-order valence-corrected chi connectivity index (χ4v) is 4.75. The molecule has 5 rings (SSSR count). The minimum absolute atomic E-state index is 0.129. The van der Waals surface area contributed by atoms with E-state index in [4.69, 9.17) is 4.98 Å². The van der Waals surface area contributed by atoms with Crippen LogP contribution in [0.25, 0.3) is 44.4 Å². The monoisotopic (exact) mass is 424 g/mol. The number of aromatic nitrogens is 2. The normalized spacial score (nSPS) is 11.2. The second-order valence-electron chi connectivity index (χ2n) is 7.59. The Morgan fingerprint density at radius 3 is 2.39 bits per heavy atom. The number of benzene rings is 2. The van der Waals surface area contributed by atoms with Gasteiger partial charge in [0.25, 0.3) is 5.56 Å². The van der Waals surface area contributed by atoms with Crippen molar-refractivity contribution in [1.82, 2.24) is 9.97 Å². The van der Waals surface area contributed by atoms with Gasteiger partial charge in [0.2, 0.25) is 0 Å². The molecule has 3 heterocycles. The van der Waals surface area contributed by atoms with Gasteiger partial charge in [0.05, 0.1) is 23.1 Å². The van der Waals surface area contributed by atoms with Gasteiger partial charge in [-0.3, -0.25) is 4.79 Å². The van der Waals surface area contributed by atoms with Crippen LogP contribution in [-0.2, 0) is 6.54 Å². The number of rotatable bonds is 4. The lowest BCUT2D eigenvalue weighted by Crippen LogP contribution is -2.47. The summed E-state index contributed by atoms with van der Waals surface area (Å²) in [7, 11) is 0. The third-order valence-electron chi connectivity index (χ3n) is 5.62. The van der Waals surface area contributed by atoms with Gasteiger partial charge in [0.15, 0.2) is 0 Å². The third kappa shape index (κ3) is 3.48. The Kier molecular flexibility index (Phi) is 4.98. The number of aromatic amines is 1. The summed E-state index contributed by atoms with van der Waals surface area (Å²) in [5.41, 5.74) is 12.8. The van der Waals surface area contributed by atoms with E-state index in [1.165, 1.54) is 11.1 Å². The quantitative estimate of drug-likeness (QED) is 0.424. The van der Waals surface area contributed by atoms with Crippen LogP contribution >= 0.6 is 11.3 Å². The van der Waals surface area contributed by atoms with E-state index in [1.54, 1.807) is 17.5 Å². The highest BCUT2D eigenvalue weighted by molar-refractivity contribution is 7.08. The van der Waals surface area contributed by atoms with Crippen molar-refractivity contribution in [3.05, 3.63) is 99.1 Å². The zero-order valence-electron chi connectivity index (χ0n) is 17.2. The van der Waals surface area contributed by atoms with E-state index >= 15 is 0 Å². The van der Waals surface area contributed by atoms with E-state index in [0.29, 0.717) is 5.39 Å².